The summed E-state index contributed by atoms with van der Waals surface area (Å²) < 4.78 is 7.83. The molecule has 3 aromatic carbocycles. The van der Waals surface area contributed by atoms with Crippen molar-refractivity contribution in [3.63, 3.8) is 0 Å². The summed E-state index contributed by atoms with van der Waals surface area (Å²) in [5.74, 6) is 2.71. The first-order chi connectivity index (χ1) is 46.5. The van der Waals surface area contributed by atoms with Crippen molar-refractivity contribution in [3.05, 3.63) is 329 Å². The van der Waals surface area contributed by atoms with Gasteiger partial charge in [0.1, 0.15) is 31.2 Å². The van der Waals surface area contributed by atoms with Crippen LogP contribution in [-0.2, 0) is 64.0 Å². The molecule has 11 aromatic heterocycles. The van der Waals surface area contributed by atoms with E-state index < -0.39 is 21.9 Å². The van der Waals surface area contributed by atoms with E-state index in [0.717, 1.165) is 124 Å². The Bertz CT molecular complexity index is 5170. The maximum absolute atomic E-state index is 5.10. The molecule has 21 heteroatoms. The molecule has 456 valence electrons. The monoisotopic (exact) mass is 1600 g/mol. The van der Waals surface area contributed by atoms with Gasteiger partial charge in [-0.2, -0.15) is 70.9 Å². The molecule has 1 unspecified atom stereocenters. The van der Waals surface area contributed by atoms with Gasteiger partial charge < -0.3 is 20.4 Å². The number of hydrogen-bond donors (Lipinski definition) is 0. The van der Waals surface area contributed by atoms with E-state index in [1.165, 1.54) is 0 Å². The summed E-state index contributed by atoms with van der Waals surface area (Å²) in [7, 11) is 3.86. The smallest absolute Gasteiger partial charge is 0.581 e. The third-order valence-electron chi connectivity index (χ3n) is 19.0. The van der Waals surface area contributed by atoms with Crippen molar-refractivity contribution in [3.8, 4) is 44.5 Å². The normalized spacial score (nSPS) is 16.3. The van der Waals surface area contributed by atoms with E-state index in [1.54, 1.807) is 37.2 Å². The van der Waals surface area contributed by atoms with E-state index in [0.29, 0.717) is 23.3 Å². The molecular weight excluding hydrogens is 1560 g/mol. The van der Waals surface area contributed by atoms with Crippen LogP contribution in [0, 0.1) is 12.1 Å². The van der Waals surface area contributed by atoms with Gasteiger partial charge >= 0.3 is 77.4 Å². The largest absolute Gasteiger partial charge is 2.00 e. The van der Waals surface area contributed by atoms with Crippen molar-refractivity contribution in [1.82, 2.24) is 75.2 Å². The third kappa shape index (κ3) is 7.58. The van der Waals surface area contributed by atoms with Gasteiger partial charge in [0.15, 0.2) is 12.4 Å². The minimum absolute atomic E-state index is 0. The average Bonchev–Trinajstić information content (AvgIpc) is 1.53. The molecule has 20 rings (SSSR count). The summed E-state index contributed by atoms with van der Waals surface area (Å²) in [5.41, 5.74) is 15.7. The van der Waals surface area contributed by atoms with Crippen molar-refractivity contribution in [2.45, 2.75) is 21.9 Å². The molecule has 19 nitrogen and oxygen atoms in total. The number of benzene rings is 3. The second-order valence-electron chi connectivity index (χ2n) is 23.4. The Morgan fingerprint density at radius 3 is 1.04 bits per heavy atom. The van der Waals surface area contributed by atoms with E-state index >= 15 is 0 Å². The van der Waals surface area contributed by atoms with E-state index in [4.69, 9.17) is 44.9 Å². The minimum atomic E-state index is -1.10. The first-order valence-electron chi connectivity index (χ1n) is 30.5. The van der Waals surface area contributed by atoms with Gasteiger partial charge in [0.25, 0.3) is 0 Å². The molecule has 0 bridgehead atoms. The Labute approximate surface area is 576 Å². The average molecular weight is 1600 g/mol. The fourth-order valence-electron chi connectivity index (χ4n) is 15.5. The van der Waals surface area contributed by atoms with Crippen LogP contribution in [-0.4, -0.2) is 109 Å². The van der Waals surface area contributed by atoms with E-state index in [9.17, 15) is 0 Å². The molecule has 0 saturated heterocycles. The standard InChI is InChI=1S/C38H23N9.C37H22N10.2Pt/c1-46-23-47(36-35(46)42-20-21-43-36)38(30-14-3-2-10-26(30)27-11-5-18-41-34(27)38)25-9-4-8-24(22-25)37(31-15-19-44-45-31)32-28(12-6-16-39-32)29-13-7-17-40-33(29)37;1-46-22-47(35-34(46)42-19-20-43-35)37(32-27(11-5-16-40-32)28-12-6-17-41-33(28)37)24-8-2-7-23(21-24)36(29-13-18-44-45-29)30-25(9-3-14-38-30)26-10-4-15-39-31(26)36;;/h2-21H,1H3;2-20H,1H3;;/q;;2*+2. The van der Waals surface area contributed by atoms with Crippen LogP contribution in [0.2, 0.25) is 0 Å². The van der Waals surface area contributed by atoms with Crippen LogP contribution < -0.4 is 10.2 Å². The number of pyridine rings is 7. The molecule has 13 heterocycles. The number of hydrogen-bond acceptors (Lipinski definition) is 13. The Hall–Kier alpha value is -11.6. The molecule has 2 aliphatic heterocycles. The van der Waals surface area contributed by atoms with Crippen molar-refractivity contribution in [2.75, 3.05) is 14.1 Å². The third-order valence-corrected chi connectivity index (χ3v) is 19.0. The zero-order valence-electron chi connectivity index (χ0n) is 50.6. The summed E-state index contributed by atoms with van der Waals surface area (Å²) in [5, 5.41) is 17.9. The van der Waals surface area contributed by atoms with Crippen LogP contribution in [0.5, 0.6) is 0 Å². The molecule has 0 amide bonds. The van der Waals surface area contributed by atoms with Gasteiger partial charge in [-0.15, -0.1) is 29.4 Å². The number of nitrogens with zero attached hydrogens (tertiary/aromatic N) is 19. The predicted molar refractivity (Wildman–Crippen MR) is 341 cm³/mol. The van der Waals surface area contributed by atoms with E-state index in [1.807, 2.05) is 132 Å². The Kier molecular flexibility index (Phi) is 13.4. The maximum Gasteiger partial charge on any atom is 2.00 e. The van der Waals surface area contributed by atoms with Gasteiger partial charge in [-0.25, -0.2) is 0 Å². The second-order valence-corrected chi connectivity index (χ2v) is 23.4. The molecule has 1 atom stereocenters. The molecule has 96 heavy (non-hydrogen) atoms. The SMILES string of the molecule is C[N+]1=C=[N+](C2(c3[c-]c(C4(c5cc[n-]n5)c5ncccc5-c5cccnc54)ccc3)c3ccccc3-c3cccnc32)c2nccnc21.C[N+]1=C=[N+](C2(c3[c-]c(C4(c5cc[n-]n5)c5ncccc5-c5cccnc54)ccc3)c3ncccc3-c3cccnc32)c2nccnc21.[Pt+2].[Pt+2]. The molecule has 0 saturated carbocycles. The van der Waals surface area contributed by atoms with Gasteiger partial charge in [0.2, 0.25) is 11.1 Å². The molecular formula is C75H45N19Pt2+4. The second kappa shape index (κ2) is 22.0. The van der Waals surface area contributed by atoms with Gasteiger partial charge in [-0.05, 0) is 48.0 Å². The summed E-state index contributed by atoms with van der Waals surface area (Å²) in [6.45, 7) is 0. The number of aromatic nitrogens is 15. The molecule has 0 radical (unpaired) electrons. The van der Waals surface area contributed by atoms with Crippen LogP contribution in [0.25, 0.3) is 44.5 Å². The Morgan fingerprint density at radius 2 is 0.635 bits per heavy atom. The van der Waals surface area contributed by atoms with Crippen molar-refractivity contribution in [1.29, 1.82) is 0 Å². The summed E-state index contributed by atoms with van der Waals surface area (Å²) >= 11 is 0. The molecule has 0 fully saturated rings. The molecule has 4 aliphatic carbocycles. The van der Waals surface area contributed by atoms with Crippen LogP contribution in [0.4, 0.5) is 23.3 Å². The van der Waals surface area contributed by atoms with Gasteiger partial charge in [0, 0.05) is 109 Å². The zero-order valence-corrected chi connectivity index (χ0v) is 55.2. The van der Waals surface area contributed by atoms with Gasteiger partial charge in [-0.3, -0.25) is 34.9 Å². The molecule has 0 N–H and O–H groups in total. The van der Waals surface area contributed by atoms with Crippen LogP contribution in [0.1, 0.15) is 79.1 Å². The van der Waals surface area contributed by atoms with Crippen LogP contribution in [0.15, 0.2) is 238 Å². The zero-order chi connectivity index (χ0) is 62.3. The Balaban J connectivity index is 0.000000142. The quantitative estimate of drug-likeness (QED) is 0.102. The summed E-state index contributed by atoms with van der Waals surface area (Å²) in [4.78, 5) is 54.2. The van der Waals surface area contributed by atoms with Crippen molar-refractivity contribution in [2.24, 2.45) is 0 Å². The van der Waals surface area contributed by atoms with Gasteiger partial charge in [-0.1, -0.05) is 90.0 Å². The topological polar surface area (TPSA) is 208 Å². The van der Waals surface area contributed by atoms with E-state index in [2.05, 4.69) is 156 Å². The number of rotatable bonds is 8. The number of fused-ring (bicyclic) bond motifs is 14. The fourth-order valence-corrected chi connectivity index (χ4v) is 15.5. The summed E-state index contributed by atoms with van der Waals surface area (Å²) in [6.07, 6.45) is 23.0. The van der Waals surface area contributed by atoms with Crippen LogP contribution >= 0.6 is 0 Å². The minimum Gasteiger partial charge on any atom is -0.581 e. The molecule has 14 aromatic rings. The first-order valence-corrected chi connectivity index (χ1v) is 30.5. The molecule has 0 spiro atoms. The van der Waals surface area contributed by atoms with Crippen LogP contribution in [0.3, 0.4) is 0 Å². The van der Waals surface area contributed by atoms with E-state index in [-0.39, 0.29) is 42.1 Å². The summed E-state index contributed by atoms with van der Waals surface area (Å²) in [6, 6.07) is 68.1. The fraction of sp³-hybridized carbons (Fsp3) is 0.0800. The predicted octanol–water partition coefficient (Wildman–Crippen LogP) is 9.90. The van der Waals surface area contributed by atoms with Crippen molar-refractivity contribution >= 4 is 35.3 Å². The Morgan fingerprint density at radius 1 is 0.312 bits per heavy atom. The van der Waals surface area contributed by atoms with Crippen molar-refractivity contribution < 1.29 is 60.4 Å². The maximum atomic E-state index is 5.10. The molecule has 6 aliphatic rings. The first kappa shape index (κ1) is 58.3. The van der Waals surface area contributed by atoms with Gasteiger partial charge in [0.05, 0.1) is 46.0 Å².